The maximum Gasteiger partial charge on any atom is 0.221 e. The molecular formula is C11H17N3O. The summed E-state index contributed by atoms with van der Waals surface area (Å²) in [5.41, 5.74) is 1.93. The number of nitrogens with one attached hydrogen (secondary N) is 2. The lowest BCUT2D eigenvalue weighted by Gasteiger charge is -2.13. The third-order valence-corrected chi connectivity index (χ3v) is 2.09. The summed E-state index contributed by atoms with van der Waals surface area (Å²) < 4.78 is 0. The molecule has 15 heavy (non-hydrogen) atoms. The van der Waals surface area contributed by atoms with Crippen LogP contribution in [0.2, 0.25) is 0 Å². The molecule has 0 saturated heterocycles. The summed E-state index contributed by atoms with van der Waals surface area (Å²) in [5.74, 6) is 0.0371. The lowest BCUT2D eigenvalue weighted by Crippen LogP contribution is -2.26. The van der Waals surface area contributed by atoms with E-state index in [1.807, 2.05) is 26.0 Å². The van der Waals surface area contributed by atoms with Crippen molar-refractivity contribution in [1.82, 2.24) is 10.3 Å². The molecule has 1 unspecified atom stereocenters. The zero-order valence-corrected chi connectivity index (χ0v) is 9.37. The first kappa shape index (κ1) is 11.5. The molecule has 4 heteroatoms. The van der Waals surface area contributed by atoms with Crippen LogP contribution in [-0.2, 0) is 4.79 Å². The molecular weight excluding hydrogens is 190 g/mol. The predicted octanol–water partition coefficient (Wildman–Crippen LogP) is 1.33. The third-order valence-electron chi connectivity index (χ3n) is 2.09. The van der Waals surface area contributed by atoms with Gasteiger partial charge in [-0.2, -0.15) is 0 Å². The summed E-state index contributed by atoms with van der Waals surface area (Å²) in [5, 5.41) is 5.81. The standard InChI is InChI=1S/C11H17N3O/c1-8-4-5-10(7-13-8)14-9(2)6-11(15)12-3/h4-5,7,9,14H,6H2,1-3H3,(H,12,15). The van der Waals surface area contributed by atoms with Crippen molar-refractivity contribution < 1.29 is 4.79 Å². The van der Waals surface area contributed by atoms with E-state index in [1.54, 1.807) is 13.2 Å². The van der Waals surface area contributed by atoms with Crippen LogP contribution in [0.4, 0.5) is 5.69 Å². The zero-order valence-electron chi connectivity index (χ0n) is 9.37. The molecule has 2 N–H and O–H groups in total. The van der Waals surface area contributed by atoms with Gasteiger partial charge in [-0.1, -0.05) is 0 Å². The van der Waals surface area contributed by atoms with Gasteiger partial charge in [-0.25, -0.2) is 0 Å². The van der Waals surface area contributed by atoms with Crippen molar-refractivity contribution in [1.29, 1.82) is 0 Å². The first-order chi connectivity index (χ1) is 7.11. The Bertz CT molecular complexity index is 321. The van der Waals surface area contributed by atoms with E-state index < -0.39 is 0 Å². The molecule has 0 saturated carbocycles. The SMILES string of the molecule is CNC(=O)CC(C)Nc1ccc(C)nc1. The molecule has 1 aromatic heterocycles. The van der Waals surface area contributed by atoms with Gasteiger partial charge in [0.2, 0.25) is 5.91 Å². The maximum atomic E-state index is 11.1. The highest BCUT2D eigenvalue weighted by Crippen LogP contribution is 2.08. The van der Waals surface area contributed by atoms with Gasteiger partial charge in [0.15, 0.2) is 0 Å². The van der Waals surface area contributed by atoms with Crippen LogP contribution in [0.1, 0.15) is 19.0 Å². The van der Waals surface area contributed by atoms with Gasteiger partial charge in [0.25, 0.3) is 0 Å². The number of pyridine rings is 1. The largest absolute Gasteiger partial charge is 0.381 e. The second-order valence-electron chi connectivity index (χ2n) is 3.61. The van der Waals surface area contributed by atoms with Gasteiger partial charge in [-0.15, -0.1) is 0 Å². The highest BCUT2D eigenvalue weighted by Gasteiger charge is 2.06. The molecule has 0 bridgehead atoms. The Labute approximate surface area is 90.1 Å². The van der Waals surface area contributed by atoms with Crippen LogP contribution in [0.25, 0.3) is 0 Å². The van der Waals surface area contributed by atoms with E-state index >= 15 is 0 Å². The molecule has 0 aliphatic carbocycles. The van der Waals surface area contributed by atoms with Crippen LogP contribution in [-0.4, -0.2) is 24.0 Å². The molecule has 0 aliphatic heterocycles. The van der Waals surface area contributed by atoms with Crippen LogP contribution in [0.3, 0.4) is 0 Å². The van der Waals surface area contributed by atoms with Gasteiger partial charge in [0, 0.05) is 25.2 Å². The Morgan fingerprint density at radius 2 is 2.27 bits per heavy atom. The summed E-state index contributed by atoms with van der Waals surface area (Å²) in [4.78, 5) is 15.3. The molecule has 1 heterocycles. The summed E-state index contributed by atoms with van der Waals surface area (Å²) in [6, 6.07) is 4.01. The summed E-state index contributed by atoms with van der Waals surface area (Å²) in [6.07, 6.45) is 2.24. The highest BCUT2D eigenvalue weighted by atomic mass is 16.1. The highest BCUT2D eigenvalue weighted by molar-refractivity contribution is 5.76. The quantitative estimate of drug-likeness (QED) is 0.783. The fourth-order valence-electron chi connectivity index (χ4n) is 1.27. The number of hydrogen-bond acceptors (Lipinski definition) is 3. The van der Waals surface area contributed by atoms with Crippen molar-refractivity contribution in [2.24, 2.45) is 0 Å². The summed E-state index contributed by atoms with van der Waals surface area (Å²) in [7, 11) is 1.64. The fourth-order valence-corrected chi connectivity index (χ4v) is 1.27. The molecule has 1 aromatic rings. The predicted molar refractivity (Wildman–Crippen MR) is 60.7 cm³/mol. The van der Waals surface area contributed by atoms with Gasteiger partial charge in [0.1, 0.15) is 0 Å². The number of carbonyl (C=O) groups is 1. The number of aryl methyl sites for hydroxylation is 1. The maximum absolute atomic E-state index is 11.1. The average molecular weight is 207 g/mol. The Morgan fingerprint density at radius 3 is 2.80 bits per heavy atom. The lowest BCUT2D eigenvalue weighted by atomic mass is 10.2. The number of rotatable bonds is 4. The van der Waals surface area contributed by atoms with E-state index in [0.29, 0.717) is 6.42 Å². The van der Waals surface area contributed by atoms with Crippen molar-refractivity contribution in [3.05, 3.63) is 24.0 Å². The number of aromatic nitrogens is 1. The van der Waals surface area contributed by atoms with E-state index in [9.17, 15) is 4.79 Å². The number of nitrogens with zero attached hydrogens (tertiary/aromatic N) is 1. The van der Waals surface area contributed by atoms with Crippen LogP contribution < -0.4 is 10.6 Å². The molecule has 0 aromatic carbocycles. The van der Waals surface area contributed by atoms with Crippen molar-refractivity contribution in [3.8, 4) is 0 Å². The first-order valence-electron chi connectivity index (χ1n) is 5.01. The van der Waals surface area contributed by atoms with E-state index in [0.717, 1.165) is 11.4 Å². The molecule has 1 rings (SSSR count). The third kappa shape index (κ3) is 3.97. The number of anilines is 1. The van der Waals surface area contributed by atoms with E-state index in [-0.39, 0.29) is 11.9 Å². The van der Waals surface area contributed by atoms with Crippen molar-refractivity contribution >= 4 is 11.6 Å². The van der Waals surface area contributed by atoms with E-state index in [4.69, 9.17) is 0 Å². The monoisotopic (exact) mass is 207 g/mol. The van der Waals surface area contributed by atoms with Crippen molar-refractivity contribution in [2.75, 3.05) is 12.4 Å². The van der Waals surface area contributed by atoms with Gasteiger partial charge >= 0.3 is 0 Å². The number of carbonyl (C=O) groups excluding carboxylic acids is 1. The Hall–Kier alpha value is -1.58. The molecule has 1 amide bonds. The van der Waals surface area contributed by atoms with Crippen LogP contribution >= 0.6 is 0 Å². The Morgan fingerprint density at radius 1 is 1.53 bits per heavy atom. The average Bonchev–Trinajstić information content (AvgIpc) is 2.21. The second kappa shape index (κ2) is 5.34. The Balaban J connectivity index is 2.47. The topological polar surface area (TPSA) is 54.0 Å². The van der Waals surface area contributed by atoms with E-state index in [1.165, 1.54) is 0 Å². The molecule has 0 fully saturated rings. The Kier molecular flexibility index (Phi) is 4.09. The normalized spacial score (nSPS) is 11.9. The summed E-state index contributed by atoms with van der Waals surface area (Å²) >= 11 is 0. The fraction of sp³-hybridized carbons (Fsp3) is 0.455. The lowest BCUT2D eigenvalue weighted by molar-refractivity contribution is -0.120. The minimum Gasteiger partial charge on any atom is -0.381 e. The van der Waals surface area contributed by atoms with Crippen LogP contribution in [0.15, 0.2) is 18.3 Å². The molecule has 1 atom stereocenters. The molecule has 0 spiro atoms. The van der Waals surface area contributed by atoms with Crippen LogP contribution in [0.5, 0.6) is 0 Å². The van der Waals surface area contributed by atoms with Gasteiger partial charge in [-0.05, 0) is 26.0 Å². The zero-order chi connectivity index (χ0) is 11.3. The van der Waals surface area contributed by atoms with Crippen molar-refractivity contribution in [3.63, 3.8) is 0 Å². The van der Waals surface area contributed by atoms with Gasteiger partial charge in [-0.3, -0.25) is 9.78 Å². The molecule has 0 aliphatic rings. The first-order valence-corrected chi connectivity index (χ1v) is 5.01. The summed E-state index contributed by atoms with van der Waals surface area (Å²) in [6.45, 7) is 3.91. The van der Waals surface area contributed by atoms with Crippen LogP contribution in [0, 0.1) is 6.92 Å². The molecule has 82 valence electrons. The van der Waals surface area contributed by atoms with E-state index in [2.05, 4.69) is 15.6 Å². The van der Waals surface area contributed by atoms with Crippen molar-refractivity contribution in [2.45, 2.75) is 26.3 Å². The molecule has 4 nitrogen and oxygen atoms in total. The molecule has 0 radical (unpaired) electrons. The second-order valence-corrected chi connectivity index (χ2v) is 3.61. The number of amides is 1. The minimum absolute atomic E-state index is 0.0371. The van der Waals surface area contributed by atoms with Gasteiger partial charge in [0.05, 0.1) is 11.9 Å². The van der Waals surface area contributed by atoms with Gasteiger partial charge < -0.3 is 10.6 Å². The number of hydrogen-bond donors (Lipinski definition) is 2. The smallest absolute Gasteiger partial charge is 0.221 e. The minimum atomic E-state index is 0.0371.